The van der Waals surface area contributed by atoms with Crippen LogP contribution in [0, 0.1) is 0 Å². The Bertz CT molecular complexity index is 314. The fourth-order valence-corrected chi connectivity index (χ4v) is 2.57. The van der Waals surface area contributed by atoms with Gasteiger partial charge in [0.05, 0.1) is 6.54 Å². The average molecular weight is 237 g/mol. The Labute approximate surface area is 104 Å². The van der Waals surface area contributed by atoms with E-state index in [1.54, 1.807) is 0 Å². The molecule has 0 spiro atoms. The molecule has 1 unspecified atom stereocenters. The van der Waals surface area contributed by atoms with Gasteiger partial charge in [-0.15, -0.1) is 0 Å². The maximum absolute atomic E-state index is 12.1. The lowest BCUT2D eigenvalue weighted by Gasteiger charge is -2.32. The third kappa shape index (κ3) is 3.30. The van der Waals surface area contributed by atoms with Gasteiger partial charge in [0, 0.05) is 38.4 Å². The molecule has 0 saturated carbocycles. The highest BCUT2D eigenvalue weighted by Crippen LogP contribution is 2.20. The third-order valence-electron chi connectivity index (χ3n) is 3.63. The van der Waals surface area contributed by atoms with E-state index in [1.165, 1.54) is 12.1 Å². The fraction of sp³-hybridized carbons (Fsp3) is 0.769. The highest BCUT2D eigenvalue weighted by atomic mass is 16.2. The van der Waals surface area contributed by atoms with Crippen molar-refractivity contribution < 1.29 is 4.79 Å². The van der Waals surface area contributed by atoms with E-state index in [4.69, 9.17) is 0 Å². The molecule has 2 rings (SSSR count). The standard InChI is InChI=1S/C13H23N3O/c1-11-9-16(8-7-14-11)10-13(17)15(2)12-5-3-4-6-12/h5,11,14H,3-4,6-10H2,1-2H3. The van der Waals surface area contributed by atoms with Crippen LogP contribution < -0.4 is 5.32 Å². The number of likely N-dealkylation sites (N-methyl/N-ethyl adjacent to an activating group) is 1. The zero-order valence-electron chi connectivity index (χ0n) is 10.9. The number of nitrogens with one attached hydrogen (secondary N) is 1. The van der Waals surface area contributed by atoms with E-state index in [2.05, 4.69) is 23.2 Å². The number of hydrogen-bond donors (Lipinski definition) is 1. The molecule has 1 aliphatic heterocycles. The molecule has 0 aromatic carbocycles. The van der Waals surface area contributed by atoms with E-state index in [1.807, 2.05) is 11.9 Å². The average Bonchev–Trinajstić information content (AvgIpc) is 2.81. The first-order chi connectivity index (χ1) is 8.16. The summed E-state index contributed by atoms with van der Waals surface area (Å²) in [5, 5.41) is 3.39. The molecule has 1 heterocycles. The lowest BCUT2D eigenvalue weighted by Crippen LogP contribution is -2.51. The zero-order chi connectivity index (χ0) is 12.3. The molecule has 1 amide bonds. The van der Waals surface area contributed by atoms with Gasteiger partial charge >= 0.3 is 0 Å². The van der Waals surface area contributed by atoms with Gasteiger partial charge in [0.1, 0.15) is 0 Å². The summed E-state index contributed by atoms with van der Waals surface area (Å²) in [4.78, 5) is 16.2. The van der Waals surface area contributed by atoms with E-state index in [0.29, 0.717) is 12.6 Å². The SMILES string of the molecule is CC1CN(CC(=O)N(C)C2=CCCC2)CCN1. The number of nitrogens with zero attached hydrogens (tertiary/aromatic N) is 2. The predicted octanol–water partition coefficient (Wildman–Crippen LogP) is 0.806. The third-order valence-corrected chi connectivity index (χ3v) is 3.63. The van der Waals surface area contributed by atoms with Crippen molar-refractivity contribution in [3.8, 4) is 0 Å². The molecule has 0 aromatic heterocycles. The number of hydrogen-bond acceptors (Lipinski definition) is 3. The Hall–Kier alpha value is -0.870. The monoisotopic (exact) mass is 237 g/mol. The molecular weight excluding hydrogens is 214 g/mol. The van der Waals surface area contributed by atoms with Crippen LogP contribution in [0.3, 0.4) is 0 Å². The van der Waals surface area contributed by atoms with Gasteiger partial charge < -0.3 is 10.2 Å². The minimum Gasteiger partial charge on any atom is -0.318 e. The molecule has 2 aliphatic rings. The van der Waals surface area contributed by atoms with Gasteiger partial charge in [-0.05, 0) is 26.2 Å². The van der Waals surface area contributed by atoms with Gasteiger partial charge in [0.15, 0.2) is 0 Å². The van der Waals surface area contributed by atoms with Crippen molar-refractivity contribution >= 4 is 5.91 Å². The van der Waals surface area contributed by atoms with Gasteiger partial charge in [-0.25, -0.2) is 0 Å². The van der Waals surface area contributed by atoms with Gasteiger partial charge in [-0.1, -0.05) is 6.08 Å². The second kappa shape index (κ2) is 5.65. The minimum atomic E-state index is 0.229. The molecule has 1 atom stereocenters. The van der Waals surface area contributed by atoms with Crippen molar-refractivity contribution in [1.29, 1.82) is 0 Å². The van der Waals surface area contributed by atoms with Crippen LogP contribution >= 0.6 is 0 Å². The van der Waals surface area contributed by atoms with E-state index in [0.717, 1.165) is 32.5 Å². The van der Waals surface area contributed by atoms with E-state index >= 15 is 0 Å². The summed E-state index contributed by atoms with van der Waals surface area (Å²) in [6, 6.07) is 0.493. The number of rotatable bonds is 3. The molecule has 0 aromatic rings. The second-order valence-corrected chi connectivity index (χ2v) is 5.13. The second-order valence-electron chi connectivity index (χ2n) is 5.13. The number of carbonyl (C=O) groups is 1. The van der Waals surface area contributed by atoms with Crippen molar-refractivity contribution in [3.05, 3.63) is 11.8 Å². The van der Waals surface area contributed by atoms with Gasteiger partial charge in [0.25, 0.3) is 0 Å². The Morgan fingerprint density at radius 2 is 2.47 bits per heavy atom. The summed E-state index contributed by atoms with van der Waals surface area (Å²) in [6.07, 6.45) is 5.56. The molecule has 17 heavy (non-hydrogen) atoms. The largest absolute Gasteiger partial charge is 0.318 e. The van der Waals surface area contributed by atoms with Crippen molar-refractivity contribution in [2.45, 2.75) is 32.2 Å². The van der Waals surface area contributed by atoms with Crippen molar-refractivity contribution in [3.63, 3.8) is 0 Å². The summed E-state index contributed by atoms with van der Waals surface area (Å²) in [5.74, 6) is 0.229. The van der Waals surface area contributed by atoms with Crippen molar-refractivity contribution in [2.75, 3.05) is 33.2 Å². The van der Waals surface area contributed by atoms with Crippen LogP contribution in [0.15, 0.2) is 11.8 Å². The smallest absolute Gasteiger partial charge is 0.240 e. The van der Waals surface area contributed by atoms with Gasteiger partial charge in [-0.3, -0.25) is 9.69 Å². The number of allylic oxidation sites excluding steroid dienone is 2. The first kappa shape index (κ1) is 12.6. The Balaban J connectivity index is 1.83. The van der Waals surface area contributed by atoms with Crippen LogP contribution in [-0.2, 0) is 4.79 Å². The topological polar surface area (TPSA) is 35.6 Å². The van der Waals surface area contributed by atoms with Crippen molar-refractivity contribution in [1.82, 2.24) is 15.1 Å². The Kier molecular flexibility index (Phi) is 4.18. The summed E-state index contributed by atoms with van der Waals surface area (Å²) >= 11 is 0. The first-order valence-electron chi connectivity index (χ1n) is 6.58. The normalized spacial score (nSPS) is 25.8. The van der Waals surface area contributed by atoms with Crippen LogP contribution in [0.1, 0.15) is 26.2 Å². The summed E-state index contributed by atoms with van der Waals surface area (Å²) in [5.41, 5.74) is 1.21. The molecular formula is C13H23N3O. The highest BCUT2D eigenvalue weighted by Gasteiger charge is 2.21. The number of amides is 1. The van der Waals surface area contributed by atoms with Crippen LogP contribution in [0.5, 0.6) is 0 Å². The molecule has 0 bridgehead atoms. The Morgan fingerprint density at radius 1 is 1.65 bits per heavy atom. The predicted molar refractivity (Wildman–Crippen MR) is 68.6 cm³/mol. The van der Waals surface area contributed by atoms with E-state index in [-0.39, 0.29) is 5.91 Å². The molecule has 1 aliphatic carbocycles. The molecule has 0 radical (unpaired) electrons. The molecule has 96 valence electrons. The summed E-state index contributed by atoms with van der Waals surface area (Å²) < 4.78 is 0. The molecule has 4 nitrogen and oxygen atoms in total. The lowest BCUT2D eigenvalue weighted by molar-refractivity contribution is -0.129. The zero-order valence-corrected chi connectivity index (χ0v) is 10.9. The molecule has 1 saturated heterocycles. The van der Waals surface area contributed by atoms with E-state index in [9.17, 15) is 4.79 Å². The van der Waals surface area contributed by atoms with Crippen LogP contribution in [-0.4, -0.2) is 55.0 Å². The maximum Gasteiger partial charge on any atom is 0.240 e. The fourth-order valence-electron chi connectivity index (χ4n) is 2.57. The molecule has 1 fully saturated rings. The summed E-state index contributed by atoms with van der Waals surface area (Å²) in [7, 11) is 1.91. The van der Waals surface area contributed by atoms with Crippen LogP contribution in [0.2, 0.25) is 0 Å². The van der Waals surface area contributed by atoms with Gasteiger partial charge in [0.2, 0.25) is 5.91 Å². The number of piperazine rings is 1. The first-order valence-corrected chi connectivity index (χ1v) is 6.58. The highest BCUT2D eigenvalue weighted by molar-refractivity contribution is 5.79. The maximum atomic E-state index is 12.1. The van der Waals surface area contributed by atoms with Crippen LogP contribution in [0.4, 0.5) is 0 Å². The Morgan fingerprint density at radius 3 is 3.12 bits per heavy atom. The minimum absolute atomic E-state index is 0.229. The van der Waals surface area contributed by atoms with Gasteiger partial charge in [-0.2, -0.15) is 0 Å². The van der Waals surface area contributed by atoms with E-state index < -0.39 is 0 Å². The molecule has 4 heteroatoms. The van der Waals surface area contributed by atoms with Crippen LogP contribution in [0.25, 0.3) is 0 Å². The number of carbonyl (C=O) groups excluding carboxylic acids is 1. The summed E-state index contributed by atoms with van der Waals surface area (Å²) in [6.45, 7) is 5.65. The van der Waals surface area contributed by atoms with Crippen molar-refractivity contribution in [2.24, 2.45) is 0 Å². The lowest BCUT2D eigenvalue weighted by atomic mass is 10.2. The molecule has 1 N–H and O–H groups in total. The quantitative estimate of drug-likeness (QED) is 0.789.